The molecule has 1 fully saturated rings. The van der Waals surface area contributed by atoms with Crippen LogP contribution >= 0.6 is 23.5 Å². The van der Waals surface area contributed by atoms with E-state index in [2.05, 4.69) is 19.1 Å². The minimum absolute atomic E-state index is 0.0708. The van der Waals surface area contributed by atoms with Crippen LogP contribution in [0.3, 0.4) is 0 Å². The first-order valence-corrected chi connectivity index (χ1v) is 11.8. The van der Waals surface area contributed by atoms with Crippen molar-refractivity contribution < 1.29 is 24.9 Å². The summed E-state index contributed by atoms with van der Waals surface area (Å²) < 4.78 is 0. The second kappa shape index (κ2) is 12.9. The largest absolute Gasteiger partial charge is 0.478 e. The van der Waals surface area contributed by atoms with Gasteiger partial charge in [0.2, 0.25) is 4.93 Å². The Hall–Kier alpha value is -0.500. The highest BCUT2D eigenvalue weighted by molar-refractivity contribution is 8.02. The lowest BCUT2D eigenvalue weighted by Crippen LogP contribution is -2.33. The lowest BCUT2D eigenvalue weighted by Gasteiger charge is -2.21. The fourth-order valence-electron chi connectivity index (χ4n) is 3.06. The van der Waals surface area contributed by atoms with Gasteiger partial charge in [-0.2, -0.15) is 0 Å². The highest BCUT2D eigenvalue weighted by Crippen LogP contribution is 2.35. The molecule has 0 bridgehead atoms. The monoisotopic (exact) mass is 418 g/mol. The van der Waals surface area contributed by atoms with E-state index >= 15 is 0 Å². The molecule has 1 saturated carbocycles. The summed E-state index contributed by atoms with van der Waals surface area (Å²) in [5.41, 5.74) is -0.975. The van der Waals surface area contributed by atoms with Gasteiger partial charge in [0.25, 0.3) is 0 Å². The van der Waals surface area contributed by atoms with E-state index in [0.717, 1.165) is 19.8 Å². The number of carboxylic acid groups (broad SMARTS) is 1. The van der Waals surface area contributed by atoms with Crippen LogP contribution in [0.4, 0.5) is 0 Å². The second-order valence-corrected chi connectivity index (χ2v) is 10.1. The van der Waals surface area contributed by atoms with Crippen molar-refractivity contribution in [3.05, 3.63) is 12.2 Å². The molecule has 7 heteroatoms. The number of ketones is 1. The van der Waals surface area contributed by atoms with E-state index in [9.17, 15) is 19.8 Å². The van der Waals surface area contributed by atoms with E-state index in [0.29, 0.717) is 30.4 Å². The summed E-state index contributed by atoms with van der Waals surface area (Å²) in [4.78, 5) is 21.0. The molecule has 0 aromatic carbocycles. The molecule has 0 spiro atoms. The summed E-state index contributed by atoms with van der Waals surface area (Å²) in [5, 5.41) is 28.4. The Morgan fingerprint density at radius 2 is 2.04 bits per heavy atom. The van der Waals surface area contributed by atoms with Gasteiger partial charge in [-0.1, -0.05) is 56.5 Å². The maximum Gasteiger partial charge on any atom is 0.346 e. The maximum absolute atomic E-state index is 12.1. The normalized spacial score (nSPS) is 23.6. The van der Waals surface area contributed by atoms with Gasteiger partial charge in [-0.3, -0.25) is 4.79 Å². The molecule has 27 heavy (non-hydrogen) atoms. The van der Waals surface area contributed by atoms with Gasteiger partial charge in [-0.25, -0.2) is 4.79 Å². The van der Waals surface area contributed by atoms with Crippen molar-refractivity contribution in [2.24, 2.45) is 5.92 Å². The third-order valence-corrected chi connectivity index (χ3v) is 7.30. The molecule has 0 heterocycles. The SMILES string of the molecule is CCCCCCCC=C[C@H]1CCC(=O)[C@@H]1SCCC(O)S[C@](C)(O)C(=O)O. The van der Waals surface area contributed by atoms with Crippen molar-refractivity contribution in [2.75, 3.05) is 5.75 Å². The summed E-state index contributed by atoms with van der Waals surface area (Å²) in [6.07, 6.45) is 13.6. The minimum Gasteiger partial charge on any atom is -0.478 e. The van der Waals surface area contributed by atoms with Gasteiger partial charge in [0, 0.05) is 6.42 Å². The van der Waals surface area contributed by atoms with Crippen LogP contribution in [-0.2, 0) is 9.59 Å². The molecule has 0 saturated heterocycles. The van der Waals surface area contributed by atoms with Gasteiger partial charge in [0.1, 0.15) is 11.2 Å². The third kappa shape index (κ3) is 9.50. The average molecular weight is 419 g/mol. The van der Waals surface area contributed by atoms with Crippen LogP contribution in [0.15, 0.2) is 12.2 Å². The summed E-state index contributed by atoms with van der Waals surface area (Å²) in [7, 11) is 0. The highest BCUT2D eigenvalue weighted by atomic mass is 32.2. The van der Waals surface area contributed by atoms with Crippen LogP contribution in [0, 0.1) is 5.92 Å². The number of carbonyl (C=O) groups excluding carboxylic acids is 1. The van der Waals surface area contributed by atoms with Crippen LogP contribution in [0.1, 0.15) is 71.6 Å². The fourth-order valence-corrected chi connectivity index (χ4v) is 5.47. The van der Waals surface area contributed by atoms with Crippen molar-refractivity contribution in [3.63, 3.8) is 0 Å². The van der Waals surface area contributed by atoms with E-state index in [1.165, 1.54) is 43.9 Å². The molecule has 0 aromatic heterocycles. The quantitative estimate of drug-likeness (QED) is 0.221. The zero-order valence-corrected chi connectivity index (χ0v) is 18.1. The number of aliphatic hydroxyl groups is 2. The summed E-state index contributed by atoms with van der Waals surface area (Å²) >= 11 is 2.15. The van der Waals surface area contributed by atoms with E-state index in [1.807, 2.05) is 0 Å². The molecule has 1 rings (SSSR count). The van der Waals surface area contributed by atoms with Gasteiger partial charge >= 0.3 is 5.97 Å². The number of thioether (sulfide) groups is 2. The van der Waals surface area contributed by atoms with Gasteiger partial charge in [-0.05, 0) is 44.3 Å². The molecule has 5 nitrogen and oxygen atoms in total. The number of Topliss-reactive ketones (excluding diaryl/α,β-unsaturated/α-hetero) is 1. The minimum atomic E-state index is -2.00. The standard InChI is InChI=1S/C20H34O5S2/c1-3-4-5-6-7-8-9-10-15-11-12-16(21)18(15)26-14-13-17(22)27-20(2,25)19(23)24/h9-10,15,17-18,22,25H,3-8,11-14H2,1-2H3,(H,23,24)/t15-,17?,18+,20-/m0/s1. The molecule has 4 atom stereocenters. The number of aliphatic hydroxyl groups excluding tert-OH is 1. The Bertz CT molecular complexity index is 493. The van der Waals surface area contributed by atoms with Crippen molar-refractivity contribution in [1.82, 2.24) is 0 Å². The van der Waals surface area contributed by atoms with Gasteiger partial charge < -0.3 is 15.3 Å². The van der Waals surface area contributed by atoms with Crippen molar-refractivity contribution in [3.8, 4) is 0 Å². The van der Waals surface area contributed by atoms with Crippen molar-refractivity contribution >= 4 is 35.3 Å². The predicted molar refractivity (Wildman–Crippen MR) is 113 cm³/mol. The highest BCUT2D eigenvalue weighted by Gasteiger charge is 2.35. The molecule has 1 aliphatic carbocycles. The number of carbonyl (C=O) groups is 2. The molecule has 0 amide bonds. The lowest BCUT2D eigenvalue weighted by molar-refractivity contribution is -0.148. The molecular formula is C20H34O5S2. The van der Waals surface area contributed by atoms with Crippen LogP contribution in [0.5, 0.6) is 0 Å². The predicted octanol–water partition coefficient (Wildman–Crippen LogP) is 4.22. The van der Waals surface area contributed by atoms with Crippen LogP contribution in [0.2, 0.25) is 0 Å². The number of allylic oxidation sites excluding steroid dienone is 2. The summed E-state index contributed by atoms with van der Waals surface area (Å²) in [5.74, 6) is -0.297. The average Bonchev–Trinajstić information content (AvgIpc) is 2.94. The topological polar surface area (TPSA) is 94.8 Å². The molecule has 0 radical (unpaired) electrons. The van der Waals surface area contributed by atoms with E-state index in [-0.39, 0.29) is 17.0 Å². The number of carboxylic acids is 1. The molecule has 1 aliphatic rings. The molecule has 156 valence electrons. The Labute approximate surface area is 171 Å². The first-order valence-electron chi connectivity index (χ1n) is 9.90. The van der Waals surface area contributed by atoms with Crippen molar-refractivity contribution in [1.29, 1.82) is 0 Å². The molecule has 1 unspecified atom stereocenters. The first-order chi connectivity index (χ1) is 12.8. The Morgan fingerprint density at radius 1 is 1.33 bits per heavy atom. The van der Waals surface area contributed by atoms with Crippen molar-refractivity contribution in [2.45, 2.75) is 87.3 Å². The maximum atomic E-state index is 12.1. The number of hydrogen-bond acceptors (Lipinski definition) is 6. The number of aliphatic carboxylic acids is 1. The van der Waals surface area contributed by atoms with Crippen LogP contribution in [0.25, 0.3) is 0 Å². The zero-order chi connectivity index (χ0) is 20.3. The van der Waals surface area contributed by atoms with Gasteiger partial charge in [0.15, 0.2) is 0 Å². The Balaban J connectivity index is 2.33. The molecular weight excluding hydrogens is 384 g/mol. The van der Waals surface area contributed by atoms with Crippen LogP contribution in [-0.4, -0.2) is 48.4 Å². The second-order valence-electron chi connectivity index (χ2n) is 7.24. The number of rotatable bonds is 14. The molecule has 0 aromatic rings. The van der Waals surface area contributed by atoms with Crippen LogP contribution < -0.4 is 0 Å². The fraction of sp³-hybridized carbons (Fsp3) is 0.800. The van der Waals surface area contributed by atoms with Gasteiger partial charge in [-0.15, -0.1) is 11.8 Å². The lowest BCUT2D eigenvalue weighted by atomic mass is 10.1. The third-order valence-electron chi connectivity index (χ3n) is 4.71. The molecule has 0 aliphatic heterocycles. The number of unbranched alkanes of at least 4 members (excludes halogenated alkanes) is 5. The zero-order valence-electron chi connectivity index (χ0n) is 16.4. The van der Waals surface area contributed by atoms with E-state index in [4.69, 9.17) is 5.11 Å². The Kier molecular flexibility index (Phi) is 11.7. The van der Waals surface area contributed by atoms with Gasteiger partial charge in [0.05, 0.1) is 5.25 Å². The number of hydrogen-bond donors (Lipinski definition) is 3. The smallest absolute Gasteiger partial charge is 0.346 e. The Morgan fingerprint density at radius 3 is 2.70 bits per heavy atom. The van der Waals surface area contributed by atoms with E-state index < -0.39 is 16.3 Å². The summed E-state index contributed by atoms with van der Waals surface area (Å²) in [6.45, 7) is 3.36. The first kappa shape index (κ1) is 24.5. The van der Waals surface area contributed by atoms with E-state index in [1.54, 1.807) is 0 Å². The molecule has 3 N–H and O–H groups in total. The summed E-state index contributed by atoms with van der Waals surface area (Å²) in [6, 6.07) is 0.